The van der Waals surface area contributed by atoms with Gasteiger partial charge >= 0.3 is 5.97 Å². The molecule has 1 N–H and O–H groups in total. The van der Waals surface area contributed by atoms with Crippen LogP contribution in [0.2, 0.25) is 0 Å². The van der Waals surface area contributed by atoms with Crippen molar-refractivity contribution in [3.8, 4) is 0 Å². The molecule has 0 heterocycles. The van der Waals surface area contributed by atoms with Gasteiger partial charge in [0.1, 0.15) is 0 Å². The van der Waals surface area contributed by atoms with Crippen LogP contribution in [0.5, 0.6) is 0 Å². The second-order valence-electron chi connectivity index (χ2n) is 1.09. The van der Waals surface area contributed by atoms with Crippen LogP contribution in [-0.2, 0) is 22.2 Å². The number of aliphatic carboxylic acids is 1. The van der Waals surface area contributed by atoms with Gasteiger partial charge in [-0.1, -0.05) is 6.58 Å². The molecule has 0 saturated carbocycles. The first-order valence-electron chi connectivity index (χ1n) is 1.53. The first-order valence-corrected chi connectivity index (χ1v) is 1.53. The Balaban J connectivity index is -0.0000000125. The van der Waals surface area contributed by atoms with E-state index in [1.165, 1.54) is 6.92 Å². The molecule has 0 aliphatic carbocycles. The fourth-order valence-electron chi connectivity index (χ4n) is 0. The van der Waals surface area contributed by atoms with E-state index in [0.717, 1.165) is 0 Å². The van der Waals surface area contributed by atoms with Crippen LogP contribution in [-0.4, -0.2) is 11.1 Å². The van der Waals surface area contributed by atoms with Crippen molar-refractivity contribution in [3.05, 3.63) is 12.2 Å². The Morgan fingerprint density at radius 2 is 1.27 bits per heavy atom. The summed E-state index contributed by atoms with van der Waals surface area (Å²) in [6.07, 6.45) is 0. The second kappa shape index (κ2) is 22.4. The van der Waals surface area contributed by atoms with Gasteiger partial charge in [-0.25, -0.2) is 4.79 Å². The van der Waals surface area contributed by atoms with E-state index in [9.17, 15) is 4.79 Å². The van der Waals surface area contributed by atoms with E-state index < -0.39 is 5.97 Å². The molecule has 0 bridgehead atoms. The van der Waals surface area contributed by atoms with Gasteiger partial charge in [0, 0.05) is 22.9 Å². The molecular weight excluding hydrogens is 274 g/mol. The molecule has 0 saturated heterocycles. The van der Waals surface area contributed by atoms with Gasteiger partial charge in [0.05, 0.1) is 0 Å². The zero-order valence-corrected chi connectivity index (χ0v) is 10.1. The molecule has 0 aromatic carbocycles. The second-order valence-corrected chi connectivity index (χ2v) is 1.09. The Labute approximate surface area is 102 Å². The van der Waals surface area contributed by atoms with Gasteiger partial charge in [-0.15, -0.1) is 49.6 Å². The molecule has 0 atom stereocenters. The predicted octanol–water partition coefficient (Wildman–Crippen LogP) is 2.33. The summed E-state index contributed by atoms with van der Waals surface area (Å²) >= 11 is 0. The van der Waals surface area contributed by atoms with Crippen molar-refractivity contribution < 1.29 is 27.3 Å². The molecule has 0 aromatic heterocycles. The van der Waals surface area contributed by atoms with Crippen molar-refractivity contribution in [3.63, 3.8) is 0 Å². The zero-order chi connectivity index (χ0) is 5.15. The number of halogens is 4. The minimum atomic E-state index is -0.935. The van der Waals surface area contributed by atoms with E-state index in [1.54, 1.807) is 0 Å². The largest absolute Gasteiger partial charge is 0.478 e. The summed E-state index contributed by atoms with van der Waals surface area (Å²) in [4.78, 5) is 9.60. The standard InChI is InChI=1S/C4H6O2.4ClH.Cr/c1-3(2)4(5)6;;;;;/h1H2,2H3,(H,5,6);4*1H;. The maximum atomic E-state index is 9.60. The SMILES string of the molecule is C=C(C)C(=O)O.Cl.Cl.Cl.Cl.[Cr]. The molecular formula is C4H10Cl4CrO2. The van der Waals surface area contributed by atoms with E-state index >= 15 is 0 Å². The van der Waals surface area contributed by atoms with Crippen LogP contribution >= 0.6 is 49.6 Å². The normalized spacial score (nSPS) is 4.09. The molecule has 0 amide bonds. The zero-order valence-electron chi connectivity index (χ0n) is 5.60. The first-order chi connectivity index (χ1) is 2.64. The fraction of sp³-hybridized carbons (Fsp3) is 0.250. The van der Waals surface area contributed by atoms with E-state index in [1.807, 2.05) is 0 Å². The van der Waals surface area contributed by atoms with Crippen molar-refractivity contribution in [1.29, 1.82) is 0 Å². The summed E-state index contributed by atoms with van der Waals surface area (Å²) in [7, 11) is 0. The van der Waals surface area contributed by atoms with E-state index in [-0.39, 0.29) is 72.6 Å². The van der Waals surface area contributed by atoms with Crippen molar-refractivity contribution in [2.24, 2.45) is 0 Å². The Hall–Kier alpha value is 0.902. The number of carboxylic acids is 1. The van der Waals surface area contributed by atoms with Crippen LogP contribution in [0.3, 0.4) is 0 Å². The maximum absolute atomic E-state index is 9.60. The Bertz CT molecular complexity index is 86.1. The topological polar surface area (TPSA) is 37.3 Å². The van der Waals surface area contributed by atoms with Crippen LogP contribution in [0, 0.1) is 0 Å². The van der Waals surface area contributed by atoms with Crippen LogP contribution in [0.4, 0.5) is 0 Å². The van der Waals surface area contributed by atoms with Crippen molar-refractivity contribution in [2.45, 2.75) is 6.92 Å². The molecule has 0 fully saturated rings. The molecule has 0 radical (unpaired) electrons. The van der Waals surface area contributed by atoms with Crippen molar-refractivity contribution in [1.82, 2.24) is 0 Å². The molecule has 0 unspecified atom stereocenters. The Kier molecular flexibility index (Phi) is 82.8. The third-order valence-corrected chi connectivity index (χ3v) is 0.365. The molecule has 2 nitrogen and oxygen atoms in total. The number of hydrogen-bond donors (Lipinski definition) is 1. The van der Waals surface area contributed by atoms with Gasteiger partial charge in [0.15, 0.2) is 0 Å². The number of hydrogen-bond acceptors (Lipinski definition) is 1. The third kappa shape index (κ3) is 36.0. The summed E-state index contributed by atoms with van der Waals surface area (Å²) < 4.78 is 0. The van der Waals surface area contributed by atoms with E-state index in [4.69, 9.17) is 5.11 Å². The average molecular weight is 284 g/mol. The summed E-state index contributed by atoms with van der Waals surface area (Å²) in [5.41, 5.74) is 0.176. The minimum Gasteiger partial charge on any atom is -0.478 e. The fourth-order valence-corrected chi connectivity index (χ4v) is 0. The van der Waals surface area contributed by atoms with Crippen molar-refractivity contribution in [2.75, 3.05) is 0 Å². The average Bonchev–Trinajstić information content (AvgIpc) is 1.36. The number of carbonyl (C=O) groups is 1. The smallest absolute Gasteiger partial charge is 0.330 e. The molecule has 0 aliphatic heterocycles. The number of rotatable bonds is 1. The monoisotopic (exact) mass is 282 g/mol. The van der Waals surface area contributed by atoms with Gasteiger partial charge < -0.3 is 5.11 Å². The van der Waals surface area contributed by atoms with Crippen LogP contribution in [0.15, 0.2) is 12.2 Å². The van der Waals surface area contributed by atoms with Crippen molar-refractivity contribution >= 4 is 55.6 Å². The maximum Gasteiger partial charge on any atom is 0.330 e. The first kappa shape index (κ1) is 40.6. The third-order valence-electron chi connectivity index (χ3n) is 0.365. The Morgan fingerprint density at radius 3 is 1.27 bits per heavy atom. The molecule has 11 heavy (non-hydrogen) atoms. The van der Waals surface area contributed by atoms with Gasteiger partial charge in [0.2, 0.25) is 0 Å². The van der Waals surface area contributed by atoms with E-state index in [2.05, 4.69) is 6.58 Å². The van der Waals surface area contributed by atoms with Gasteiger partial charge in [-0.05, 0) is 6.92 Å². The molecule has 0 aromatic rings. The summed E-state index contributed by atoms with van der Waals surface area (Å²) in [6.45, 7) is 4.60. The van der Waals surface area contributed by atoms with Gasteiger partial charge in [-0.3, -0.25) is 0 Å². The quantitative estimate of drug-likeness (QED) is 0.750. The summed E-state index contributed by atoms with van der Waals surface area (Å²) in [5, 5.41) is 7.89. The number of carboxylic acid groups (broad SMARTS) is 1. The Morgan fingerprint density at radius 1 is 1.18 bits per heavy atom. The molecule has 7 heteroatoms. The van der Waals surface area contributed by atoms with E-state index in [0.29, 0.717) is 0 Å². The van der Waals surface area contributed by atoms with Gasteiger partial charge in [0.25, 0.3) is 0 Å². The van der Waals surface area contributed by atoms with Crippen LogP contribution < -0.4 is 0 Å². The summed E-state index contributed by atoms with van der Waals surface area (Å²) in [6, 6.07) is 0. The molecule has 0 rings (SSSR count). The van der Waals surface area contributed by atoms with Crippen LogP contribution in [0.1, 0.15) is 6.92 Å². The summed E-state index contributed by atoms with van der Waals surface area (Å²) in [5.74, 6) is -0.935. The molecule has 72 valence electrons. The van der Waals surface area contributed by atoms with Crippen LogP contribution in [0.25, 0.3) is 0 Å². The minimum absolute atomic E-state index is 0. The van der Waals surface area contributed by atoms with Gasteiger partial charge in [-0.2, -0.15) is 0 Å². The predicted molar refractivity (Wildman–Crippen MR) is 51.4 cm³/mol. The molecule has 0 aliphatic rings. The molecule has 0 spiro atoms.